The molecule has 1 aliphatic carbocycles. The summed E-state index contributed by atoms with van der Waals surface area (Å²) in [5, 5.41) is 3.51. The maximum absolute atomic E-state index is 5.40. The van der Waals surface area contributed by atoms with Gasteiger partial charge in [0.05, 0.1) is 6.61 Å². The monoisotopic (exact) mass is 242 g/mol. The van der Waals surface area contributed by atoms with Crippen LogP contribution in [0.3, 0.4) is 0 Å². The number of nitrogens with zero attached hydrogens (tertiary/aromatic N) is 1. The molecule has 0 aliphatic heterocycles. The molecule has 0 bridgehead atoms. The molecule has 1 unspecified atom stereocenters. The Morgan fingerprint density at radius 3 is 2.59 bits per heavy atom. The molecule has 0 radical (unpaired) electrons. The smallest absolute Gasteiger partial charge is 0.0593 e. The van der Waals surface area contributed by atoms with E-state index in [9.17, 15) is 0 Å². The van der Waals surface area contributed by atoms with E-state index in [4.69, 9.17) is 4.74 Å². The normalized spacial score (nSPS) is 19.8. The van der Waals surface area contributed by atoms with Gasteiger partial charge in [0, 0.05) is 25.7 Å². The van der Waals surface area contributed by atoms with E-state index < -0.39 is 0 Å². The lowest BCUT2D eigenvalue weighted by atomic mass is 9.84. The predicted molar refractivity (Wildman–Crippen MR) is 73.4 cm³/mol. The third-order valence-electron chi connectivity index (χ3n) is 3.92. The summed E-state index contributed by atoms with van der Waals surface area (Å²) in [7, 11) is 4.31. The first-order valence-electron chi connectivity index (χ1n) is 7.21. The van der Waals surface area contributed by atoms with Crippen molar-refractivity contribution in [2.24, 2.45) is 5.92 Å². The van der Waals surface area contributed by atoms with Crippen molar-refractivity contribution in [3.05, 3.63) is 0 Å². The molecule has 3 heteroatoms. The van der Waals surface area contributed by atoms with Gasteiger partial charge in [-0.1, -0.05) is 19.3 Å². The number of rotatable bonds is 8. The van der Waals surface area contributed by atoms with Crippen LogP contribution in [0.25, 0.3) is 0 Å². The Morgan fingerprint density at radius 2 is 2.00 bits per heavy atom. The zero-order chi connectivity index (χ0) is 12.5. The molecule has 17 heavy (non-hydrogen) atoms. The highest BCUT2D eigenvalue weighted by Crippen LogP contribution is 2.26. The SMILES string of the molecule is CCOCCN(C)CC(NC)C1CCCCC1. The standard InChI is InChI=1S/C14H30N2O/c1-4-17-11-10-16(3)12-14(15-2)13-8-6-5-7-9-13/h13-15H,4-12H2,1-3H3. The van der Waals surface area contributed by atoms with Crippen molar-refractivity contribution in [1.82, 2.24) is 10.2 Å². The molecule has 0 spiro atoms. The van der Waals surface area contributed by atoms with Crippen molar-refractivity contribution >= 4 is 0 Å². The quantitative estimate of drug-likeness (QED) is 0.660. The van der Waals surface area contributed by atoms with Gasteiger partial charge in [0.15, 0.2) is 0 Å². The highest BCUT2D eigenvalue weighted by atomic mass is 16.5. The molecule has 0 amide bonds. The summed E-state index contributed by atoms with van der Waals surface area (Å²) in [6.45, 7) is 5.92. The minimum absolute atomic E-state index is 0.655. The van der Waals surface area contributed by atoms with E-state index in [-0.39, 0.29) is 0 Å². The summed E-state index contributed by atoms with van der Waals surface area (Å²) in [5.74, 6) is 0.878. The minimum Gasteiger partial charge on any atom is -0.380 e. The molecule has 3 nitrogen and oxygen atoms in total. The lowest BCUT2D eigenvalue weighted by Gasteiger charge is -2.33. The van der Waals surface area contributed by atoms with Gasteiger partial charge in [-0.3, -0.25) is 0 Å². The number of hydrogen-bond donors (Lipinski definition) is 1. The molecular formula is C14H30N2O. The van der Waals surface area contributed by atoms with Crippen molar-refractivity contribution in [2.75, 3.05) is 40.4 Å². The highest BCUT2D eigenvalue weighted by Gasteiger charge is 2.23. The van der Waals surface area contributed by atoms with Crippen LogP contribution in [0.4, 0.5) is 0 Å². The fourth-order valence-corrected chi connectivity index (χ4v) is 2.80. The molecule has 0 aromatic carbocycles. The van der Waals surface area contributed by atoms with E-state index in [1.54, 1.807) is 0 Å². The third-order valence-corrected chi connectivity index (χ3v) is 3.92. The molecule has 1 aliphatic rings. The summed E-state index contributed by atoms with van der Waals surface area (Å²) in [6.07, 6.45) is 7.10. The minimum atomic E-state index is 0.655. The predicted octanol–water partition coefficient (Wildman–Crippen LogP) is 2.12. The number of likely N-dealkylation sites (N-methyl/N-ethyl adjacent to an activating group) is 2. The summed E-state index contributed by atoms with van der Waals surface area (Å²) in [4.78, 5) is 2.39. The Balaban J connectivity index is 2.24. The van der Waals surface area contributed by atoms with Gasteiger partial charge in [-0.25, -0.2) is 0 Å². The molecule has 1 atom stereocenters. The lowest BCUT2D eigenvalue weighted by Crippen LogP contribution is -2.44. The second-order valence-corrected chi connectivity index (χ2v) is 5.25. The van der Waals surface area contributed by atoms with Crippen molar-refractivity contribution in [1.29, 1.82) is 0 Å². The van der Waals surface area contributed by atoms with E-state index in [1.807, 2.05) is 0 Å². The van der Waals surface area contributed by atoms with Gasteiger partial charge < -0.3 is 15.0 Å². The summed E-state index contributed by atoms with van der Waals surface area (Å²) in [6, 6.07) is 0.655. The average Bonchev–Trinajstić information content (AvgIpc) is 2.37. The van der Waals surface area contributed by atoms with Gasteiger partial charge in [-0.05, 0) is 39.8 Å². The second kappa shape index (κ2) is 8.90. The zero-order valence-electron chi connectivity index (χ0n) is 11.9. The van der Waals surface area contributed by atoms with Crippen LogP contribution in [-0.4, -0.2) is 51.3 Å². The van der Waals surface area contributed by atoms with Crippen LogP contribution in [0, 0.1) is 5.92 Å². The van der Waals surface area contributed by atoms with Crippen molar-refractivity contribution in [3.63, 3.8) is 0 Å². The molecule has 1 N–H and O–H groups in total. The van der Waals surface area contributed by atoms with Crippen LogP contribution in [0.15, 0.2) is 0 Å². The van der Waals surface area contributed by atoms with Crippen LogP contribution in [-0.2, 0) is 4.74 Å². The molecule has 0 aromatic rings. The van der Waals surface area contributed by atoms with Gasteiger partial charge in [0.25, 0.3) is 0 Å². The average molecular weight is 242 g/mol. The largest absolute Gasteiger partial charge is 0.380 e. The first-order chi connectivity index (χ1) is 8.27. The van der Waals surface area contributed by atoms with E-state index in [1.165, 1.54) is 32.1 Å². The molecule has 1 rings (SSSR count). The van der Waals surface area contributed by atoms with E-state index >= 15 is 0 Å². The van der Waals surface area contributed by atoms with E-state index in [0.717, 1.165) is 32.2 Å². The molecule has 1 saturated carbocycles. The Bertz CT molecular complexity index is 181. The van der Waals surface area contributed by atoms with Crippen molar-refractivity contribution in [3.8, 4) is 0 Å². The summed E-state index contributed by atoms with van der Waals surface area (Å²) >= 11 is 0. The fourth-order valence-electron chi connectivity index (χ4n) is 2.80. The summed E-state index contributed by atoms with van der Waals surface area (Å²) in [5.41, 5.74) is 0. The fraction of sp³-hybridized carbons (Fsp3) is 1.00. The number of hydrogen-bond acceptors (Lipinski definition) is 3. The Kier molecular flexibility index (Phi) is 7.82. The van der Waals surface area contributed by atoms with Gasteiger partial charge >= 0.3 is 0 Å². The van der Waals surface area contributed by atoms with E-state index in [0.29, 0.717) is 6.04 Å². The number of nitrogens with one attached hydrogen (secondary N) is 1. The number of ether oxygens (including phenoxy) is 1. The maximum Gasteiger partial charge on any atom is 0.0593 e. The topological polar surface area (TPSA) is 24.5 Å². The molecular weight excluding hydrogens is 212 g/mol. The van der Waals surface area contributed by atoms with Crippen LogP contribution in [0.5, 0.6) is 0 Å². The molecule has 0 heterocycles. The molecule has 1 fully saturated rings. The van der Waals surface area contributed by atoms with Crippen molar-refractivity contribution in [2.45, 2.75) is 45.1 Å². The molecule has 0 aromatic heterocycles. The molecule has 0 saturated heterocycles. The highest BCUT2D eigenvalue weighted by molar-refractivity contribution is 4.80. The van der Waals surface area contributed by atoms with Gasteiger partial charge in [-0.2, -0.15) is 0 Å². The van der Waals surface area contributed by atoms with Gasteiger partial charge in [-0.15, -0.1) is 0 Å². The first-order valence-corrected chi connectivity index (χ1v) is 7.21. The third kappa shape index (κ3) is 5.84. The van der Waals surface area contributed by atoms with Crippen molar-refractivity contribution < 1.29 is 4.74 Å². The second-order valence-electron chi connectivity index (χ2n) is 5.25. The van der Waals surface area contributed by atoms with Crippen LogP contribution in [0.1, 0.15) is 39.0 Å². The van der Waals surface area contributed by atoms with Crippen LogP contribution in [0.2, 0.25) is 0 Å². The van der Waals surface area contributed by atoms with E-state index in [2.05, 4.69) is 31.2 Å². The van der Waals surface area contributed by atoms with Crippen LogP contribution >= 0.6 is 0 Å². The Labute approximate surface area is 107 Å². The first kappa shape index (κ1) is 14.9. The Hall–Kier alpha value is -0.120. The maximum atomic E-state index is 5.40. The van der Waals surface area contributed by atoms with Gasteiger partial charge in [0.1, 0.15) is 0 Å². The Morgan fingerprint density at radius 1 is 1.29 bits per heavy atom. The van der Waals surface area contributed by atoms with Crippen LogP contribution < -0.4 is 5.32 Å². The zero-order valence-corrected chi connectivity index (χ0v) is 11.9. The molecule has 102 valence electrons. The van der Waals surface area contributed by atoms with Gasteiger partial charge in [0.2, 0.25) is 0 Å². The summed E-state index contributed by atoms with van der Waals surface area (Å²) < 4.78 is 5.40. The lowest BCUT2D eigenvalue weighted by molar-refractivity contribution is 0.113.